The van der Waals surface area contributed by atoms with Crippen molar-refractivity contribution in [1.82, 2.24) is 20.2 Å². The molecule has 0 bridgehead atoms. The molecule has 0 fully saturated rings. The van der Waals surface area contributed by atoms with Crippen LogP contribution in [0.5, 0.6) is 0 Å². The molecule has 1 aromatic heterocycles. The molecule has 0 atom stereocenters. The Morgan fingerprint density at radius 1 is 1.27 bits per heavy atom. The molecule has 0 aliphatic carbocycles. The monoisotopic (exact) mass is 220 g/mol. The lowest BCUT2D eigenvalue weighted by molar-refractivity contribution is 0.784. The maximum absolute atomic E-state index is 5.03. The predicted molar refractivity (Wildman–Crippen MR) is 60.6 cm³/mol. The van der Waals surface area contributed by atoms with Gasteiger partial charge in [0, 0.05) is 0 Å². The van der Waals surface area contributed by atoms with E-state index >= 15 is 0 Å². The van der Waals surface area contributed by atoms with Crippen molar-refractivity contribution in [1.29, 1.82) is 0 Å². The minimum absolute atomic E-state index is 0.507. The van der Waals surface area contributed by atoms with Crippen molar-refractivity contribution >= 4 is 12.2 Å². The molecular weight excluding hydrogens is 208 g/mol. The molecule has 0 amide bonds. The standard InChI is InChI=1S/C10H12N4S/c1-7(2)8-3-5-9(6-4-8)14-10(15)11-12-13-14/h3-7H,1-2H3,(H,11,13,15). The third kappa shape index (κ3) is 1.97. The van der Waals surface area contributed by atoms with Crippen molar-refractivity contribution in [3.8, 4) is 5.69 Å². The Labute approximate surface area is 92.9 Å². The van der Waals surface area contributed by atoms with Gasteiger partial charge in [-0.25, -0.2) is 5.10 Å². The molecule has 0 radical (unpaired) electrons. The van der Waals surface area contributed by atoms with Crippen LogP contribution in [0, 0.1) is 4.77 Å². The predicted octanol–water partition coefficient (Wildman–Crippen LogP) is 2.45. The smallest absolute Gasteiger partial charge is 0.218 e. The number of hydrogen-bond acceptors (Lipinski definition) is 3. The van der Waals surface area contributed by atoms with E-state index in [4.69, 9.17) is 12.2 Å². The molecule has 1 aromatic carbocycles. The van der Waals surface area contributed by atoms with Gasteiger partial charge in [0.05, 0.1) is 5.69 Å². The summed E-state index contributed by atoms with van der Waals surface area (Å²) in [6, 6.07) is 8.15. The van der Waals surface area contributed by atoms with Gasteiger partial charge in [-0.1, -0.05) is 26.0 Å². The fourth-order valence-corrected chi connectivity index (χ4v) is 1.55. The van der Waals surface area contributed by atoms with Crippen molar-refractivity contribution in [3.05, 3.63) is 34.6 Å². The van der Waals surface area contributed by atoms with E-state index in [-0.39, 0.29) is 0 Å². The number of aromatic amines is 1. The summed E-state index contributed by atoms with van der Waals surface area (Å²) >= 11 is 5.03. The maximum atomic E-state index is 5.03. The van der Waals surface area contributed by atoms with Gasteiger partial charge in [-0.2, -0.15) is 4.68 Å². The number of nitrogens with zero attached hydrogens (tertiary/aromatic N) is 3. The van der Waals surface area contributed by atoms with Crippen LogP contribution in [0.25, 0.3) is 5.69 Å². The van der Waals surface area contributed by atoms with Crippen molar-refractivity contribution in [2.24, 2.45) is 0 Å². The second-order valence-corrected chi connectivity index (χ2v) is 4.05. The Morgan fingerprint density at radius 3 is 2.40 bits per heavy atom. The van der Waals surface area contributed by atoms with Gasteiger partial charge in [0.15, 0.2) is 0 Å². The Bertz CT molecular complexity index is 495. The number of hydrogen-bond donors (Lipinski definition) is 1. The third-order valence-corrected chi connectivity index (χ3v) is 2.54. The van der Waals surface area contributed by atoms with E-state index in [1.54, 1.807) is 4.68 Å². The zero-order valence-corrected chi connectivity index (χ0v) is 9.45. The highest BCUT2D eigenvalue weighted by atomic mass is 32.1. The van der Waals surface area contributed by atoms with E-state index in [1.165, 1.54) is 5.56 Å². The Kier molecular flexibility index (Phi) is 2.64. The van der Waals surface area contributed by atoms with Gasteiger partial charge in [-0.05, 0) is 46.3 Å². The lowest BCUT2D eigenvalue weighted by Gasteiger charge is -2.05. The summed E-state index contributed by atoms with van der Waals surface area (Å²) in [5.74, 6) is 0.532. The largest absolute Gasteiger partial charge is 0.231 e. The number of nitrogens with one attached hydrogen (secondary N) is 1. The van der Waals surface area contributed by atoms with Gasteiger partial charge in [-0.15, -0.1) is 0 Å². The van der Waals surface area contributed by atoms with E-state index in [0.29, 0.717) is 10.7 Å². The average Bonchev–Trinajstić information content (AvgIpc) is 2.65. The Hall–Kier alpha value is -1.49. The first-order valence-electron chi connectivity index (χ1n) is 4.79. The van der Waals surface area contributed by atoms with Gasteiger partial charge in [0.25, 0.3) is 0 Å². The van der Waals surface area contributed by atoms with Crippen LogP contribution in [0.3, 0.4) is 0 Å². The summed E-state index contributed by atoms with van der Waals surface area (Å²) in [5.41, 5.74) is 2.23. The number of H-pyrrole nitrogens is 1. The maximum Gasteiger partial charge on any atom is 0.218 e. The molecule has 0 unspecified atom stereocenters. The molecule has 5 heteroatoms. The fraction of sp³-hybridized carbons (Fsp3) is 0.300. The molecule has 0 spiro atoms. The van der Waals surface area contributed by atoms with E-state index < -0.39 is 0 Å². The van der Waals surface area contributed by atoms with Crippen LogP contribution in [0.4, 0.5) is 0 Å². The normalized spacial score (nSPS) is 10.9. The summed E-state index contributed by atoms with van der Waals surface area (Å²) in [5, 5.41) is 10.1. The lowest BCUT2D eigenvalue weighted by Crippen LogP contribution is -1.97. The van der Waals surface area contributed by atoms with E-state index in [1.807, 2.05) is 12.1 Å². The zero-order chi connectivity index (χ0) is 10.8. The summed E-state index contributed by atoms with van der Waals surface area (Å²) in [7, 11) is 0. The summed E-state index contributed by atoms with van der Waals surface area (Å²) in [6.45, 7) is 4.33. The molecule has 1 N–H and O–H groups in total. The van der Waals surface area contributed by atoms with Gasteiger partial charge < -0.3 is 0 Å². The van der Waals surface area contributed by atoms with Crippen molar-refractivity contribution in [2.75, 3.05) is 0 Å². The SMILES string of the molecule is CC(C)c1ccc(-n2nn[nH]c2=S)cc1. The summed E-state index contributed by atoms with van der Waals surface area (Å²) in [4.78, 5) is 0. The highest BCUT2D eigenvalue weighted by molar-refractivity contribution is 7.71. The molecular formula is C10H12N4S. The topological polar surface area (TPSA) is 46.5 Å². The minimum atomic E-state index is 0.507. The van der Waals surface area contributed by atoms with Gasteiger partial charge in [-0.3, -0.25) is 0 Å². The molecule has 0 aliphatic heterocycles. The van der Waals surface area contributed by atoms with Crippen LogP contribution in [0.1, 0.15) is 25.3 Å². The Morgan fingerprint density at radius 2 is 1.93 bits per heavy atom. The van der Waals surface area contributed by atoms with Gasteiger partial charge >= 0.3 is 0 Å². The van der Waals surface area contributed by atoms with E-state index in [2.05, 4.69) is 41.5 Å². The first kappa shape index (κ1) is 10.0. The number of benzene rings is 1. The molecule has 1 heterocycles. The number of aromatic nitrogens is 4. The molecule has 0 saturated heterocycles. The lowest BCUT2D eigenvalue weighted by atomic mass is 10.0. The minimum Gasteiger partial charge on any atom is -0.231 e. The molecule has 78 valence electrons. The second kappa shape index (κ2) is 3.94. The fourth-order valence-electron chi connectivity index (χ4n) is 1.37. The molecule has 2 rings (SSSR count). The van der Waals surface area contributed by atoms with Gasteiger partial charge in [0.2, 0.25) is 4.77 Å². The van der Waals surface area contributed by atoms with Crippen LogP contribution in [-0.2, 0) is 0 Å². The first-order valence-corrected chi connectivity index (χ1v) is 5.20. The highest BCUT2D eigenvalue weighted by Gasteiger charge is 2.02. The zero-order valence-electron chi connectivity index (χ0n) is 8.64. The molecule has 15 heavy (non-hydrogen) atoms. The van der Waals surface area contributed by atoms with Crippen LogP contribution < -0.4 is 0 Å². The third-order valence-electron chi connectivity index (χ3n) is 2.28. The summed E-state index contributed by atoms with van der Waals surface area (Å²) < 4.78 is 2.10. The number of tetrazole rings is 1. The van der Waals surface area contributed by atoms with Crippen molar-refractivity contribution < 1.29 is 0 Å². The van der Waals surface area contributed by atoms with Gasteiger partial charge in [0.1, 0.15) is 0 Å². The second-order valence-electron chi connectivity index (χ2n) is 3.66. The Balaban J connectivity index is 2.40. The van der Waals surface area contributed by atoms with Crippen molar-refractivity contribution in [3.63, 3.8) is 0 Å². The van der Waals surface area contributed by atoms with E-state index in [0.717, 1.165) is 5.69 Å². The molecule has 0 saturated carbocycles. The highest BCUT2D eigenvalue weighted by Crippen LogP contribution is 2.16. The number of rotatable bonds is 2. The van der Waals surface area contributed by atoms with Crippen molar-refractivity contribution in [2.45, 2.75) is 19.8 Å². The molecule has 0 aliphatic rings. The molecule has 4 nitrogen and oxygen atoms in total. The van der Waals surface area contributed by atoms with Crippen LogP contribution in [0.2, 0.25) is 0 Å². The first-order chi connectivity index (χ1) is 7.18. The average molecular weight is 220 g/mol. The van der Waals surface area contributed by atoms with Crippen LogP contribution in [-0.4, -0.2) is 20.2 Å². The van der Waals surface area contributed by atoms with Crippen LogP contribution >= 0.6 is 12.2 Å². The molecule has 2 aromatic rings. The van der Waals surface area contributed by atoms with Crippen LogP contribution in [0.15, 0.2) is 24.3 Å². The summed E-state index contributed by atoms with van der Waals surface area (Å²) in [6.07, 6.45) is 0. The van der Waals surface area contributed by atoms with E-state index in [9.17, 15) is 0 Å². The quantitative estimate of drug-likeness (QED) is 0.791.